The molecule has 0 heterocycles. The Morgan fingerprint density at radius 3 is 1.59 bits per heavy atom. The number of aliphatic hydroxyl groups is 1. The fraction of sp³-hybridized carbons (Fsp3) is 0.568. The fourth-order valence-electron chi connectivity index (χ4n) is 4.73. The number of carboxylic acid groups (broad SMARTS) is 1. The van der Waals surface area contributed by atoms with Crippen molar-refractivity contribution in [1.82, 2.24) is 5.32 Å². The average Bonchev–Trinajstić information content (AvgIpc) is 3.17. The number of aliphatic carboxylic acids is 1. The molecule has 12 heteroatoms. The van der Waals surface area contributed by atoms with Gasteiger partial charge < -0.3 is 25.2 Å². The number of esters is 1. The number of ether oxygens (including phenoxy) is 1. The SMILES string of the molecule is CC/C=C\C/C=C\C/C=C\C/C=C\C/C=C\C/C=C\C/C=C\CC(=O)NC(COP(=O)(O)OCC(O)COC(=O)CCCCCCC/C=C\CCCC)C(=O)O. The first-order valence-electron chi connectivity index (χ1n) is 20.3. The molecule has 11 nitrogen and oxygen atoms in total. The molecule has 0 aromatic heterocycles. The Morgan fingerprint density at radius 1 is 0.607 bits per heavy atom. The van der Waals surface area contributed by atoms with Gasteiger partial charge in [-0.2, -0.15) is 0 Å². The Morgan fingerprint density at radius 2 is 1.07 bits per heavy atom. The molecule has 56 heavy (non-hydrogen) atoms. The average molecular weight is 804 g/mol. The number of hydrogen-bond acceptors (Lipinski definition) is 8. The van der Waals surface area contributed by atoms with Crippen molar-refractivity contribution in [2.75, 3.05) is 19.8 Å². The standard InChI is InChI=1S/C44H70NO10P/c1-3-5-7-9-11-13-15-16-17-18-19-20-21-22-23-24-26-27-29-31-33-35-42(47)45-41(44(49)50)39-55-56(51,52)54-38-40(46)37-53-43(48)36-34-32-30-28-25-14-12-10-8-6-4-2/h5,7,10-13,16-17,19-20,22-23,26-27,31,33,40-41,46H,3-4,6,8-9,14-15,18,21,24-25,28-30,32,34-39H2,1-2H3,(H,45,47)(H,49,50)(H,51,52)/b7-5-,12-10-,13-11-,17-16-,20-19-,23-22-,27-26-,33-31-. The topological polar surface area (TPSA) is 169 Å². The third kappa shape index (κ3) is 37.3. The van der Waals surface area contributed by atoms with Crippen LogP contribution in [0.3, 0.4) is 0 Å². The summed E-state index contributed by atoms with van der Waals surface area (Å²) < 4.78 is 26.7. The molecule has 3 unspecified atom stereocenters. The van der Waals surface area contributed by atoms with Gasteiger partial charge in [-0.1, -0.05) is 143 Å². The summed E-state index contributed by atoms with van der Waals surface area (Å²) in [5.41, 5.74) is 0. The first-order chi connectivity index (χ1) is 27.1. The highest BCUT2D eigenvalue weighted by atomic mass is 31.2. The van der Waals surface area contributed by atoms with E-state index in [1.165, 1.54) is 12.8 Å². The zero-order valence-corrected chi connectivity index (χ0v) is 34.8. The number of nitrogens with one attached hydrogen (secondary N) is 1. The predicted octanol–water partition coefficient (Wildman–Crippen LogP) is 10.1. The summed E-state index contributed by atoms with van der Waals surface area (Å²) in [6.07, 6.45) is 47.6. The van der Waals surface area contributed by atoms with Crippen LogP contribution in [0.4, 0.5) is 0 Å². The van der Waals surface area contributed by atoms with Gasteiger partial charge >= 0.3 is 19.8 Å². The number of phosphoric ester groups is 1. The number of allylic oxidation sites excluding steroid dienone is 15. The molecule has 0 saturated heterocycles. The molecule has 0 spiro atoms. The molecule has 0 aromatic rings. The number of rotatable bonds is 36. The lowest BCUT2D eigenvalue weighted by atomic mass is 10.1. The molecule has 1 amide bonds. The highest BCUT2D eigenvalue weighted by Gasteiger charge is 2.28. The normalized spacial score (nSPS) is 14.8. The van der Waals surface area contributed by atoms with Gasteiger partial charge in [0.1, 0.15) is 12.7 Å². The van der Waals surface area contributed by atoms with Crippen LogP contribution in [0.25, 0.3) is 0 Å². The highest BCUT2D eigenvalue weighted by molar-refractivity contribution is 7.47. The van der Waals surface area contributed by atoms with Crippen LogP contribution in [0.15, 0.2) is 97.2 Å². The third-order valence-corrected chi connectivity index (χ3v) is 8.84. The summed E-state index contributed by atoms with van der Waals surface area (Å²) in [5, 5.41) is 21.7. The number of amides is 1. The van der Waals surface area contributed by atoms with Crippen molar-refractivity contribution in [3.8, 4) is 0 Å². The van der Waals surface area contributed by atoms with E-state index in [0.717, 1.165) is 77.0 Å². The van der Waals surface area contributed by atoms with Gasteiger partial charge in [-0.05, 0) is 70.6 Å². The monoisotopic (exact) mass is 803 g/mol. The van der Waals surface area contributed by atoms with Crippen LogP contribution >= 0.6 is 7.82 Å². The Balaban J connectivity index is 4.13. The van der Waals surface area contributed by atoms with Crippen LogP contribution in [0.5, 0.6) is 0 Å². The van der Waals surface area contributed by atoms with Gasteiger partial charge in [0, 0.05) is 12.8 Å². The number of phosphoric acid groups is 1. The second kappa shape index (κ2) is 38.3. The highest BCUT2D eigenvalue weighted by Crippen LogP contribution is 2.43. The maximum atomic E-state index is 12.2. The van der Waals surface area contributed by atoms with Crippen LogP contribution in [0.2, 0.25) is 0 Å². The maximum Gasteiger partial charge on any atom is 0.472 e. The Kier molecular flexibility index (Phi) is 35.8. The van der Waals surface area contributed by atoms with E-state index in [-0.39, 0.29) is 12.8 Å². The predicted molar refractivity (Wildman–Crippen MR) is 226 cm³/mol. The fourth-order valence-corrected chi connectivity index (χ4v) is 5.50. The minimum absolute atomic E-state index is 0.0956. The molecule has 4 N–H and O–H groups in total. The molecule has 0 aliphatic carbocycles. The summed E-state index contributed by atoms with van der Waals surface area (Å²) in [6.45, 7) is 2.32. The van der Waals surface area contributed by atoms with Crippen LogP contribution in [-0.2, 0) is 32.7 Å². The number of carbonyl (C=O) groups excluding carboxylic acids is 2. The van der Waals surface area contributed by atoms with Crippen molar-refractivity contribution in [2.24, 2.45) is 0 Å². The first-order valence-corrected chi connectivity index (χ1v) is 21.8. The lowest BCUT2D eigenvalue weighted by Crippen LogP contribution is -2.43. The van der Waals surface area contributed by atoms with Crippen molar-refractivity contribution in [3.63, 3.8) is 0 Å². The molecule has 0 aliphatic rings. The first kappa shape index (κ1) is 52.4. The quantitative estimate of drug-likeness (QED) is 0.0207. The smallest absolute Gasteiger partial charge is 0.472 e. The van der Waals surface area contributed by atoms with Gasteiger partial charge in [-0.3, -0.25) is 18.6 Å². The van der Waals surface area contributed by atoms with Gasteiger partial charge in [0.15, 0.2) is 6.04 Å². The van der Waals surface area contributed by atoms with Crippen molar-refractivity contribution < 1.29 is 47.8 Å². The van der Waals surface area contributed by atoms with Gasteiger partial charge in [0.2, 0.25) is 5.91 Å². The van der Waals surface area contributed by atoms with E-state index in [9.17, 15) is 34.1 Å². The maximum absolute atomic E-state index is 12.2. The van der Waals surface area contributed by atoms with E-state index in [2.05, 4.69) is 92.1 Å². The zero-order valence-electron chi connectivity index (χ0n) is 33.9. The molecule has 0 saturated carbocycles. The second-order valence-corrected chi connectivity index (χ2v) is 14.6. The van der Waals surface area contributed by atoms with E-state index in [4.69, 9.17) is 13.8 Å². The van der Waals surface area contributed by atoms with Crippen molar-refractivity contribution >= 4 is 25.7 Å². The summed E-state index contributed by atoms with van der Waals surface area (Å²) in [4.78, 5) is 45.7. The molecule has 0 aliphatic heterocycles. The number of unbranched alkanes of at least 4 members (excludes halogenated alkanes) is 7. The van der Waals surface area contributed by atoms with Gasteiger partial charge in [-0.15, -0.1) is 0 Å². The number of hydrogen-bond donors (Lipinski definition) is 4. The minimum Gasteiger partial charge on any atom is -0.480 e. The van der Waals surface area contributed by atoms with Crippen molar-refractivity contribution in [1.29, 1.82) is 0 Å². The third-order valence-electron chi connectivity index (χ3n) is 7.89. The number of carboxylic acids is 1. The second-order valence-electron chi connectivity index (χ2n) is 13.1. The molecule has 0 radical (unpaired) electrons. The Labute approximate surface area is 336 Å². The Bertz CT molecular complexity index is 1310. The van der Waals surface area contributed by atoms with E-state index in [1.807, 2.05) is 12.2 Å². The molecular formula is C44H70NO10P. The van der Waals surface area contributed by atoms with Crippen LogP contribution in [0.1, 0.15) is 129 Å². The lowest BCUT2D eigenvalue weighted by Gasteiger charge is -2.18. The Hall–Kier alpha value is -3.60. The summed E-state index contributed by atoms with van der Waals surface area (Å²) in [6, 6.07) is -1.61. The lowest BCUT2D eigenvalue weighted by molar-refractivity contribution is -0.147. The van der Waals surface area contributed by atoms with E-state index >= 15 is 0 Å². The molecule has 0 rings (SSSR count). The molecular weight excluding hydrogens is 733 g/mol. The van der Waals surface area contributed by atoms with Crippen molar-refractivity contribution in [2.45, 2.75) is 142 Å². The molecule has 316 valence electrons. The van der Waals surface area contributed by atoms with Gasteiger partial charge in [0.05, 0.1) is 13.2 Å². The van der Waals surface area contributed by atoms with Crippen LogP contribution in [-0.4, -0.2) is 64.9 Å². The molecule has 3 atom stereocenters. The summed E-state index contributed by atoms with van der Waals surface area (Å²) in [7, 11) is -4.79. The van der Waals surface area contributed by atoms with Crippen LogP contribution < -0.4 is 5.32 Å². The molecule has 0 bridgehead atoms. The van der Waals surface area contributed by atoms with E-state index in [1.54, 1.807) is 12.2 Å². The summed E-state index contributed by atoms with van der Waals surface area (Å²) in [5.74, 6) is -2.58. The van der Waals surface area contributed by atoms with E-state index in [0.29, 0.717) is 12.8 Å². The van der Waals surface area contributed by atoms with Gasteiger partial charge in [-0.25, -0.2) is 9.36 Å². The van der Waals surface area contributed by atoms with Gasteiger partial charge in [0.25, 0.3) is 0 Å². The van der Waals surface area contributed by atoms with Crippen LogP contribution in [0, 0.1) is 0 Å². The molecule has 0 fully saturated rings. The zero-order chi connectivity index (χ0) is 41.4. The minimum atomic E-state index is -4.79. The summed E-state index contributed by atoms with van der Waals surface area (Å²) >= 11 is 0. The number of aliphatic hydroxyl groups excluding tert-OH is 1. The number of carbonyl (C=O) groups is 3. The molecule has 0 aromatic carbocycles. The van der Waals surface area contributed by atoms with Crippen molar-refractivity contribution in [3.05, 3.63) is 97.2 Å². The largest absolute Gasteiger partial charge is 0.480 e. The van der Waals surface area contributed by atoms with E-state index < -0.39 is 57.6 Å².